The monoisotopic (exact) mass is 789 g/mol. The number of hydrogen-bond acceptors (Lipinski definition) is 2. The summed E-state index contributed by atoms with van der Waals surface area (Å²) in [6, 6.07) is 85.4. The third-order valence-corrected chi connectivity index (χ3v) is 12.4. The molecule has 2 nitrogen and oxygen atoms in total. The van der Waals surface area contributed by atoms with Gasteiger partial charge in [-0.2, -0.15) is 0 Å². The smallest absolute Gasteiger partial charge is 0.145 e. The largest absolute Gasteiger partial charge is 0.455 e. The van der Waals surface area contributed by atoms with E-state index in [9.17, 15) is 0 Å². The predicted molar refractivity (Wildman–Crippen MR) is 263 cm³/mol. The zero-order chi connectivity index (χ0) is 41.0. The van der Waals surface area contributed by atoms with Crippen LogP contribution < -0.4 is 4.90 Å². The third-order valence-electron chi connectivity index (χ3n) is 12.4. The van der Waals surface area contributed by atoms with E-state index in [1.807, 2.05) is 0 Å². The fourth-order valence-electron chi connectivity index (χ4n) is 9.58. The van der Waals surface area contributed by atoms with E-state index in [4.69, 9.17) is 4.42 Å². The zero-order valence-corrected chi connectivity index (χ0v) is 33.9. The Labute approximate surface area is 360 Å². The molecule has 0 saturated heterocycles. The normalized spacial score (nSPS) is 11.5. The maximum Gasteiger partial charge on any atom is 0.145 e. The number of fused-ring (bicyclic) bond motifs is 7. The fraction of sp³-hybridized carbons (Fsp3) is 0. The standard InChI is InChI=1S/C60H39NO/c1-2-17-40(18-3-1)42-22-14-23-43(37-42)44-24-15-25-46(38-44)61(56-33-12-10-30-52(56)50-32-16-21-41-19-4-6-26-47(41)50)57-36-35-53(60-59(57)54-31-11-13-34-58(54)62-60)55-39-45-20-5-7-27-48(45)49-28-8-9-29-51(49)55/h1-39H. The average Bonchev–Trinajstić information content (AvgIpc) is 3.75. The minimum atomic E-state index is 0.857. The second-order valence-corrected chi connectivity index (χ2v) is 16.0. The molecule has 0 aliphatic rings. The Bertz CT molecular complexity index is 3650. The Balaban J connectivity index is 1.14. The molecule has 0 radical (unpaired) electrons. The Morgan fingerprint density at radius 2 is 0.871 bits per heavy atom. The van der Waals surface area contributed by atoms with E-state index < -0.39 is 0 Å². The van der Waals surface area contributed by atoms with Crippen molar-refractivity contribution in [1.82, 2.24) is 0 Å². The number of para-hydroxylation sites is 2. The third kappa shape index (κ3) is 5.96. The van der Waals surface area contributed by atoms with E-state index in [0.717, 1.165) is 66.8 Å². The molecular weight excluding hydrogens is 751 g/mol. The molecule has 0 saturated carbocycles. The van der Waals surface area contributed by atoms with Crippen molar-refractivity contribution in [3.05, 3.63) is 237 Å². The lowest BCUT2D eigenvalue weighted by Crippen LogP contribution is -2.12. The lowest BCUT2D eigenvalue weighted by molar-refractivity contribution is 0.670. The first-order valence-corrected chi connectivity index (χ1v) is 21.3. The fourth-order valence-corrected chi connectivity index (χ4v) is 9.58. The molecule has 290 valence electrons. The second-order valence-electron chi connectivity index (χ2n) is 16.0. The van der Waals surface area contributed by atoms with Gasteiger partial charge in [-0.1, -0.05) is 188 Å². The molecule has 0 amide bonds. The van der Waals surface area contributed by atoms with Crippen molar-refractivity contribution < 1.29 is 4.42 Å². The highest BCUT2D eigenvalue weighted by Gasteiger charge is 2.25. The molecule has 0 fully saturated rings. The summed E-state index contributed by atoms with van der Waals surface area (Å²) < 4.78 is 7.06. The van der Waals surface area contributed by atoms with Gasteiger partial charge in [0.2, 0.25) is 0 Å². The number of benzene rings is 11. The number of anilines is 3. The molecule has 0 spiro atoms. The average molecular weight is 790 g/mol. The van der Waals surface area contributed by atoms with Crippen molar-refractivity contribution in [2.24, 2.45) is 0 Å². The maximum atomic E-state index is 7.06. The van der Waals surface area contributed by atoms with Gasteiger partial charge in [0.1, 0.15) is 11.2 Å². The van der Waals surface area contributed by atoms with E-state index in [2.05, 4.69) is 241 Å². The minimum absolute atomic E-state index is 0.857. The van der Waals surface area contributed by atoms with E-state index in [0.29, 0.717) is 0 Å². The topological polar surface area (TPSA) is 16.4 Å². The van der Waals surface area contributed by atoms with Crippen molar-refractivity contribution in [1.29, 1.82) is 0 Å². The quantitative estimate of drug-likeness (QED) is 0.150. The Morgan fingerprint density at radius 3 is 1.73 bits per heavy atom. The van der Waals surface area contributed by atoms with Crippen LogP contribution in [0.5, 0.6) is 0 Å². The highest BCUT2D eigenvalue weighted by molar-refractivity contribution is 6.21. The van der Waals surface area contributed by atoms with Crippen molar-refractivity contribution in [3.8, 4) is 44.5 Å². The van der Waals surface area contributed by atoms with Crippen molar-refractivity contribution in [2.45, 2.75) is 0 Å². The molecule has 0 N–H and O–H groups in total. The van der Waals surface area contributed by atoms with Gasteiger partial charge >= 0.3 is 0 Å². The van der Waals surface area contributed by atoms with Crippen LogP contribution in [0, 0.1) is 0 Å². The molecule has 62 heavy (non-hydrogen) atoms. The molecule has 12 rings (SSSR count). The number of furan rings is 1. The summed E-state index contributed by atoms with van der Waals surface area (Å²) in [5.41, 5.74) is 14.1. The molecule has 1 heterocycles. The number of rotatable bonds is 7. The van der Waals surface area contributed by atoms with E-state index in [1.54, 1.807) is 0 Å². The maximum absolute atomic E-state index is 7.06. The van der Waals surface area contributed by atoms with Gasteiger partial charge in [0.25, 0.3) is 0 Å². The number of hydrogen-bond donors (Lipinski definition) is 0. The first kappa shape index (κ1) is 35.7. The minimum Gasteiger partial charge on any atom is -0.455 e. The molecule has 0 aliphatic carbocycles. The SMILES string of the molecule is c1ccc(-c2cccc(-c3cccc(N(c4ccccc4-c4cccc5ccccc45)c4ccc(-c5cc6ccccc6c6ccccc56)c5oc6ccccc6c45)c3)c2)cc1. The van der Waals surface area contributed by atoms with Gasteiger partial charge in [0.05, 0.1) is 16.8 Å². The molecule has 0 unspecified atom stereocenters. The first-order valence-electron chi connectivity index (χ1n) is 21.3. The summed E-state index contributed by atoms with van der Waals surface area (Å²) >= 11 is 0. The molecular formula is C60H39NO. The van der Waals surface area contributed by atoms with Crippen LogP contribution in [0.25, 0.3) is 98.8 Å². The molecule has 0 atom stereocenters. The lowest BCUT2D eigenvalue weighted by atomic mass is 9.91. The van der Waals surface area contributed by atoms with Crippen molar-refractivity contribution >= 4 is 71.3 Å². The summed E-state index contributed by atoms with van der Waals surface area (Å²) in [5, 5.41) is 9.44. The first-order chi connectivity index (χ1) is 30.8. The summed E-state index contributed by atoms with van der Waals surface area (Å²) in [7, 11) is 0. The summed E-state index contributed by atoms with van der Waals surface area (Å²) in [6.07, 6.45) is 0. The number of nitrogens with zero attached hydrogens (tertiary/aromatic N) is 1. The van der Waals surface area contributed by atoms with Crippen LogP contribution in [0.1, 0.15) is 0 Å². The van der Waals surface area contributed by atoms with Gasteiger partial charge in [0, 0.05) is 22.2 Å². The molecule has 0 aliphatic heterocycles. The van der Waals surface area contributed by atoms with Crippen molar-refractivity contribution in [3.63, 3.8) is 0 Å². The zero-order valence-electron chi connectivity index (χ0n) is 33.9. The van der Waals surface area contributed by atoms with Crippen LogP contribution in [-0.2, 0) is 0 Å². The van der Waals surface area contributed by atoms with Gasteiger partial charge in [-0.05, 0) is 114 Å². The Kier molecular flexibility index (Phi) is 8.53. The van der Waals surface area contributed by atoms with Crippen LogP contribution in [0.2, 0.25) is 0 Å². The Morgan fingerprint density at radius 1 is 0.290 bits per heavy atom. The van der Waals surface area contributed by atoms with Crippen LogP contribution in [0.15, 0.2) is 241 Å². The van der Waals surface area contributed by atoms with E-state index in [-0.39, 0.29) is 0 Å². The molecule has 0 bridgehead atoms. The molecule has 1 aromatic heterocycles. The van der Waals surface area contributed by atoms with Crippen LogP contribution >= 0.6 is 0 Å². The Hall–Kier alpha value is -8.20. The molecule has 12 aromatic rings. The van der Waals surface area contributed by atoms with E-state index in [1.165, 1.54) is 49.0 Å². The highest BCUT2D eigenvalue weighted by atomic mass is 16.3. The van der Waals surface area contributed by atoms with Crippen LogP contribution in [0.3, 0.4) is 0 Å². The van der Waals surface area contributed by atoms with Crippen LogP contribution in [-0.4, -0.2) is 0 Å². The van der Waals surface area contributed by atoms with Crippen LogP contribution in [0.4, 0.5) is 17.1 Å². The van der Waals surface area contributed by atoms with Gasteiger partial charge < -0.3 is 9.32 Å². The molecule has 11 aromatic carbocycles. The highest BCUT2D eigenvalue weighted by Crippen LogP contribution is 2.50. The van der Waals surface area contributed by atoms with Gasteiger partial charge in [-0.15, -0.1) is 0 Å². The lowest BCUT2D eigenvalue weighted by Gasteiger charge is -2.29. The van der Waals surface area contributed by atoms with Gasteiger partial charge in [-0.25, -0.2) is 0 Å². The van der Waals surface area contributed by atoms with Gasteiger partial charge in [-0.3, -0.25) is 0 Å². The summed E-state index contributed by atoms with van der Waals surface area (Å²) in [5.74, 6) is 0. The van der Waals surface area contributed by atoms with E-state index >= 15 is 0 Å². The summed E-state index contributed by atoms with van der Waals surface area (Å²) in [4.78, 5) is 2.45. The second kappa shape index (κ2) is 14.8. The van der Waals surface area contributed by atoms with Crippen molar-refractivity contribution in [2.75, 3.05) is 4.90 Å². The predicted octanol–water partition coefficient (Wildman–Crippen LogP) is 17.2. The van der Waals surface area contributed by atoms with Gasteiger partial charge in [0.15, 0.2) is 0 Å². The molecule has 2 heteroatoms. The summed E-state index contributed by atoms with van der Waals surface area (Å²) in [6.45, 7) is 0.